The molecule has 1 heterocycles. The molecule has 0 aliphatic carbocycles. The molecule has 1 atom stereocenters. The average Bonchev–Trinajstić information content (AvgIpc) is 2.73. The first-order valence-corrected chi connectivity index (χ1v) is 9.54. The van der Waals surface area contributed by atoms with Crippen LogP contribution in [0.15, 0.2) is 4.60 Å². The van der Waals surface area contributed by atoms with Gasteiger partial charge in [-0.2, -0.15) is 5.10 Å². The number of unbranched alkanes of at least 4 members (excludes halogenated alkanes) is 5. The summed E-state index contributed by atoms with van der Waals surface area (Å²) in [5, 5.41) is 5.44. The van der Waals surface area contributed by atoms with Gasteiger partial charge in [-0.3, -0.25) is 0 Å². The summed E-state index contributed by atoms with van der Waals surface area (Å²) < 4.78 is 2.94. The van der Waals surface area contributed by atoms with Crippen LogP contribution in [-0.2, 0) is 5.54 Å². The predicted molar refractivity (Wildman–Crippen MR) is 96.2 cm³/mol. The van der Waals surface area contributed by atoms with Gasteiger partial charge in [-0.25, -0.2) is 4.68 Å². The van der Waals surface area contributed by atoms with E-state index in [9.17, 15) is 0 Å². The average molecular weight is 378 g/mol. The van der Waals surface area contributed by atoms with E-state index in [-0.39, 0.29) is 5.54 Å². The van der Waals surface area contributed by atoms with Crippen molar-refractivity contribution in [1.82, 2.24) is 9.78 Å². The lowest BCUT2D eigenvalue weighted by Gasteiger charge is -2.31. The van der Waals surface area contributed by atoms with Crippen molar-refractivity contribution in [3.8, 4) is 0 Å². The Hall–Kier alpha value is -0.0200. The van der Waals surface area contributed by atoms with Crippen molar-refractivity contribution >= 4 is 27.5 Å². The second-order valence-corrected chi connectivity index (χ2v) is 7.49. The number of aromatic nitrogens is 2. The molecule has 1 unspecified atom stereocenters. The number of hydrogen-bond donors (Lipinski definition) is 0. The fourth-order valence-corrected chi connectivity index (χ4v) is 3.60. The molecular weight excluding hydrogens is 348 g/mol. The van der Waals surface area contributed by atoms with Gasteiger partial charge in [-0.15, -0.1) is 0 Å². The Morgan fingerprint density at radius 1 is 1.05 bits per heavy atom. The first-order valence-electron chi connectivity index (χ1n) is 8.37. The highest BCUT2D eigenvalue weighted by Crippen LogP contribution is 2.35. The van der Waals surface area contributed by atoms with Gasteiger partial charge in [0.15, 0.2) is 0 Å². The van der Waals surface area contributed by atoms with Crippen LogP contribution in [0.1, 0.15) is 84.1 Å². The van der Waals surface area contributed by atoms with E-state index >= 15 is 0 Å². The van der Waals surface area contributed by atoms with E-state index in [0.717, 1.165) is 28.2 Å². The topological polar surface area (TPSA) is 17.8 Å². The van der Waals surface area contributed by atoms with Crippen molar-refractivity contribution in [3.63, 3.8) is 0 Å². The second kappa shape index (κ2) is 9.19. The minimum atomic E-state index is 0.0378. The van der Waals surface area contributed by atoms with Gasteiger partial charge in [0, 0.05) is 5.56 Å². The quantitative estimate of drug-likeness (QED) is 0.406. The van der Waals surface area contributed by atoms with Crippen molar-refractivity contribution in [2.75, 3.05) is 0 Å². The fraction of sp³-hybridized carbons (Fsp3) is 0.824. The van der Waals surface area contributed by atoms with Gasteiger partial charge in [0.05, 0.1) is 5.54 Å². The van der Waals surface area contributed by atoms with Crippen LogP contribution in [0.3, 0.4) is 0 Å². The first kappa shape index (κ1) is 19.0. The summed E-state index contributed by atoms with van der Waals surface area (Å²) in [6.45, 7) is 8.84. The Balaban J connectivity index is 2.79. The molecule has 0 amide bonds. The number of hydrogen-bond acceptors (Lipinski definition) is 1. The SMILES string of the molecule is CCCCCCCC(C)(CCCC)n1nc(Br)c(C)c1Cl. The summed E-state index contributed by atoms with van der Waals surface area (Å²) in [4.78, 5) is 0. The second-order valence-electron chi connectivity index (χ2n) is 6.38. The van der Waals surface area contributed by atoms with Gasteiger partial charge in [0.2, 0.25) is 0 Å². The van der Waals surface area contributed by atoms with Crippen LogP contribution >= 0.6 is 27.5 Å². The third-order valence-electron chi connectivity index (χ3n) is 4.39. The zero-order valence-corrected chi connectivity index (χ0v) is 16.4. The smallest absolute Gasteiger partial charge is 0.132 e. The maximum Gasteiger partial charge on any atom is 0.132 e. The fourth-order valence-electron chi connectivity index (χ4n) is 2.81. The summed E-state index contributed by atoms with van der Waals surface area (Å²) in [5.74, 6) is 0. The molecule has 0 spiro atoms. The van der Waals surface area contributed by atoms with E-state index in [4.69, 9.17) is 11.6 Å². The summed E-state index contributed by atoms with van der Waals surface area (Å²) in [6, 6.07) is 0. The summed E-state index contributed by atoms with van der Waals surface area (Å²) in [7, 11) is 0. The van der Waals surface area contributed by atoms with Crippen molar-refractivity contribution in [2.24, 2.45) is 0 Å². The lowest BCUT2D eigenvalue weighted by atomic mass is 9.88. The Kier molecular flexibility index (Phi) is 8.33. The summed E-state index contributed by atoms with van der Waals surface area (Å²) in [6.07, 6.45) is 11.3. The largest absolute Gasteiger partial charge is 0.247 e. The number of nitrogens with zero attached hydrogens (tertiary/aromatic N) is 2. The Morgan fingerprint density at radius 2 is 1.62 bits per heavy atom. The van der Waals surface area contributed by atoms with Crippen LogP contribution in [-0.4, -0.2) is 9.78 Å². The van der Waals surface area contributed by atoms with Gasteiger partial charge < -0.3 is 0 Å². The van der Waals surface area contributed by atoms with Crippen molar-refractivity contribution in [3.05, 3.63) is 15.3 Å². The molecule has 0 aliphatic rings. The third kappa shape index (κ3) is 5.28. The highest BCUT2D eigenvalue weighted by atomic mass is 79.9. The molecule has 0 saturated carbocycles. The van der Waals surface area contributed by atoms with Gasteiger partial charge in [0.1, 0.15) is 9.76 Å². The van der Waals surface area contributed by atoms with Crippen molar-refractivity contribution < 1.29 is 0 Å². The molecule has 4 heteroatoms. The molecule has 0 fully saturated rings. The molecule has 1 aromatic rings. The maximum atomic E-state index is 6.51. The normalized spacial score (nSPS) is 14.4. The molecule has 122 valence electrons. The standard InChI is InChI=1S/C17H30BrClN2/c1-5-7-9-10-11-13-17(4,12-8-6-2)21-16(19)14(3)15(18)20-21/h5-13H2,1-4H3. The van der Waals surface area contributed by atoms with E-state index in [0.29, 0.717) is 0 Å². The zero-order chi connectivity index (χ0) is 15.9. The molecule has 21 heavy (non-hydrogen) atoms. The van der Waals surface area contributed by atoms with Crippen molar-refractivity contribution in [1.29, 1.82) is 0 Å². The minimum Gasteiger partial charge on any atom is -0.247 e. The Bertz CT molecular complexity index is 431. The monoisotopic (exact) mass is 376 g/mol. The van der Waals surface area contributed by atoms with E-state index in [1.807, 2.05) is 6.92 Å². The van der Waals surface area contributed by atoms with Gasteiger partial charge in [0.25, 0.3) is 0 Å². The molecule has 1 aromatic heterocycles. The lowest BCUT2D eigenvalue weighted by Crippen LogP contribution is -2.31. The van der Waals surface area contributed by atoms with E-state index in [1.165, 1.54) is 44.9 Å². The Morgan fingerprint density at radius 3 is 2.14 bits per heavy atom. The van der Waals surface area contributed by atoms with Crippen LogP contribution in [0.4, 0.5) is 0 Å². The van der Waals surface area contributed by atoms with Crippen LogP contribution in [0.5, 0.6) is 0 Å². The molecule has 0 bridgehead atoms. The third-order valence-corrected chi connectivity index (χ3v) is 5.59. The van der Waals surface area contributed by atoms with E-state index in [2.05, 4.69) is 46.5 Å². The van der Waals surface area contributed by atoms with Crippen LogP contribution < -0.4 is 0 Å². The molecule has 0 N–H and O–H groups in total. The molecular formula is C17H30BrClN2. The van der Waals surface area contributed by atoms with Crippen LogP contribution in [0, 0.1) is 6.92 Å². The Labute approximate surface area is 143 Å². The molecule has 0 radical (unpaired) electrons. The number of rotatable bonds is 10. The molecule has 0 aromatic carbocycles. The molecule has 1 rings (SSSR count). The predicted octanol–water partition coefficient (Wildman–Crippen LogP) is 6.87. The highest BCUT2D eigenvalue weighted by molar-refractivity contribution is 9.10. The van der Waals surface area contributed by atoms with Crippen LogP contribution in [0.2, 0.25) is 5.15 Å². The highest BCUT2D eigenvalue weighted by Gasteiger charge is 2.30. The maximum absolute atomic E-state index is 6.51. The molecule has 0 aliphatic heterocycles. The zero-order valence-electron chi connectivity index (χ0n) is 14.0. The summed E-state index contributed by atoms with van der Waals surface area (Å²) >= 11 is 10.0. The van der Waals surface area contributed by atoms with Crippen molar-refractivity contribution in [2.45, 2.75) is 91.0 Å². The van der Waals surface area contributed by atoms with Gasteiger partial charge >= 0.3 is 0 Å². The number of halogens is 2. The first-order chi connectivity index (χ1) is 9.96. The molecule has 0 saturated heterocycles. The van der Waals surface area contributed by atoms with Gasteiger partial charge in [-0.05, 0) is 42.6 Å². The molecule has 2 nitrogen and oxygen atoms in total. The lowest BCUT2D eigenvalue weighted by molar-refractivity contribution is 0.228. The summed E-state index contributed by atoms with van der Waals surface area (Å²) in [5.41, 5.74) is 1.08. The van der Waals surface area contributed by atoms with Crippen LogP contribution in [0.25, 0.3) is 0 Å². The van der Waals surface area contributed by atoms with E-state index in [1.54, 1.807) is 0 Å². The van der Waals surface area contributed by atoms with E-state index < -0.39 is 0 Å². The minimum absolute atomic E-state index is 0.0378. The van der Waals surface area contributed by atoms with Gasteiger partial charge in [-0.1, -0.05) is 70.4 Å².